The van der Waals surface area contributed by atoms with Gasteiger partial charge in [0.1, 0.15) is 9.84 Å². The zero-order valence-electron chi connectivity index (χ0n) is 18.4. The molecule has 1 saturated carbocycles. The lowest BCUT2D eigenvalue weighted by Gasteiger charge is -2.25. The minimum absolute atomic E-state index is 0. The molecule has 0 spiro atoms. The van der Waals surface area contributed by atoms with Gasteiger partial charge in [0.25, 0.3) is 0 Å². The van der Waals surface area contributed by atoms with Crippen LogP contribution in [0, 0.1) is 11.3 Å². The van der Waals surface area contributed by atoms with Crippen molar-refractivity contribution < 1.29 is 13.2 Å². The molecule has 1 aliphatic rings. The van der Waals surface area contributed by atoms with E-state index in [1.165, 1.54) is 31.9 Å². The van der Waals surface area contributed by atoms with Crippen LogP contribution in [0.15, 0.2) is 4.99 Å². The molecule has 0 aromatic heterocycles. The lowest BCUT2D eigenvalue weighted by molar-refractivity contribution is 0.0169. The van der Waals surface area contributed by atoms with Gasteiger partial charge in [-0.1, -0.05) is 26.7 Å². The van der Waals surface area contributed by atoms with Crippen LogP contribution in [0.1, 0.15) is 66.2 Å². The number of ether oxygens (including phenoxy) is 1. The second-order valence-electron chi connectivity index (χ2n) is 8.49. The van der Waals surface area contributed by atoms with E-state index in [9.17, 15) is 8.42 Å². The number of aliphatic imine (C=N–C) groups is 1. The van der Waals surface area contributed by atoms with Crippen LogP contribution in [0.25, 0.3) is 0 Å². The van der Waals surface area contributed by atoms with E-state index < -0.39 is 9.84 Å². The summed E-state index contributed by atoms with van der Waals surface area (Å²) in [7, 11) is -2.94. The second kappa shape index (κ2) is 14.0. The van der Waals surface area contributed by atoms with Crippen LogP contribution < -0.4 is 10.6 Å². The van der Waals surface area contributed by atoms with Crippen molar-refractivity contribution in [3.05, 3.63) is 0 Å². The molecule has 8 heteroatoms. The molecule has 1 aliphatic carbocycles. The van der Waals surface area contributed by atoms with Crippen LogP contribution in [0.2, 0.25) is 0 Å². The van der Waals surface area contributed by atoms with Gasteiger partial charge in [-0.25, -0.2) is 8.42 Å². The first-order chi connectivity index (χ1) is 12.7. The van der Waals surface area contributed by atoms with Gasteiger partial charge in [-0.05, 0) is 50.9 Å². The molecule has 0 aromatic rings. The Morgan fingerprint density at radius 1 is 1.21 bits per heavy atom. The molecule has 0 aromatic carbocycles. The summed E-state index contributed by atoms with van der Waals surface area (Å²) < 4.78 is 28.8. The highest BCUT2D eigenvalue weighted by Gasteiger charge is 2.25. The summed E-state index contributed by atoms with van der Waals surface area (Å²) in [4.78, 5) is 4.68. The summed E-state index contributed by atoms with van der Waals surface area (Å²) in [6, 6.07) is 0. The molecule has 0 aliphatic heterocycles. The van der Waals surface area contributed by atoms with Gasteiger partial charge >= 0.3 is 0 Å². The molecule has 0 heterocycles. The number of rotatable bonds is 12. The van der Waals surface area contributed by atoms with Gasteiger partial charge in [0.15, 0.2) is 5.96 Å². The summed E-state index contributed by atoms with van der Waals surface area (Å²) in [6.07, 6.45) is 8.45. The highest BCUT2D eigenvalue weighted by molar-refractivity contribution is 14.0. The van der Waals surface area contributed by atoms with E-state index in [1.807, 2.05) is 6.92 Å². The first-order valence-electron chi connectivity index (χ1n) is 10.5. The molecule has 1 fully saturated rings. The molecule has 6 nitrogen and oxygen atoms in total. The Bertz CT molecular complexity index is 547. The average molecular weight is 532 g/mol. The molecule has 0 radical (unpaired) electrons. The third-order valence-electron chi connectivity index (χ3n) is 5.19. The lowest BCUT2D eigenvalue weighted by atomic mass is 9.90. The van der Waals surface area contributed by atoms with Gasteiger partial charge in [-0.2, -0.15) is 0 Å². The minimum atomic E-state index is -2.94. The summed E-state index contributed by atoms with van der Waals surface area (Å²) in [6.45, 7) is 11.2. The summed E-state index contributed by atoms with van der Waals surface area (Å²) >= 11 is 0. The van der Waals surface area contributed by atoms with Gasteiger partial charge in [-0.3, -0.25) is 4.99 Å². The van der Waals surface area contributed by atoms with Crippen molar-refractivity contribution in [2.24, 2.45) is 16.3 Å². The maximum Gasteiger partial charge on any atom is 0.191 e. The zero-order chi connectivity index (χ0) is 20.3. The Kier molecular flexibility index (Phi) is 14.0. The topological polar surface area (TPSA) is 79.8 Å². The number of guanidine groups is 1. The van der Waals surface area contributed by atoms with E-state index in [0.29, 0.717) is 25.0 Å². The summed E-state index contributed by atoms with van der Waals surface area (Å²) in [5.74, 6) is 1.70. The fourth-order valence-electron chi connectivity index (χ4n) is 3.51. The SMILES string of the molecule is CCNC(=NCC(C)(C)CCS(C)(=O)=O)NCCC(OCC)C1CCCC1.I. The third kappa shape index (κ3) is 12.5. The highest BCUT2D eigenvalue weighted by Crippen LogP contribution is 2.30. The first-order valence-corrected chi connectivity index (χ1v) is 12.5. The molecular weight excluding hydrogens is 489 g/mol. The molecule has 0 amide bonds. The Morgan fingerprint density at radius 3 is 2.39 bits per heavy atom. The number of hydrogen-bond acceptors (Lipinski definition) is 4. The van der Waals surface area contributed by atoms with E-state index in [1.54, 1.807) is 0 Å². The van der Waals surface area contributed by atoms with Crippen LogP contribution in [0.3, 0.4) is 0 Å². The highest BCUT2D eigenvalue weighted by atomic mass is 127. The molecule has 2 N–H and O–H groups in total. The van der Waals surface area contributed by atoms with Crippen molar-refractivity contribution >= 4 is 39.8 Å². The standard InChI is InChI=1S/C20H41N3O3S.HI/c1-6-21-19(23-16-20(3,4)13-15-27(5,24)25)22-14-12-18(26-7-2)17-10-8-9-11-17;/h17-18H,6-16H2,1-5H3,(H2,21,22,23);1H. The van der Waals surface area contributed by atoms with E-state index in [0.717, 1.165) is 32.1 Å². The predicted molar refractivity (Wildman–Crippen MR) is 129 cm³/mol. The summed E-state index contributed by atoms with van der Waals surface area (Å²) in [5.41, 5.74) is -0.150. The van der Waals surface area contributed by atoms with E-state index in [2.05, 4.69) is 36.4 Å². The number of halogens is 1. The zero-order valence-corrected chi connectivity index (χ0v) is 21.6. The van der Waals surface area contributed by atoms with Gasteiger partial charge in [-0.15, -0.1) is 24.0 Å². The number of sulfone groups is 1. The molecule has 168 valence electrons. The predicted octanol–water partition coefficient (Wildman–Crippen LogP) is 3.61. The Morgan fingerprint density at radius 2 is 1.86 bits per heavy atom. The molecule has 1 unspecified atom stereocenters. The number of hydrogen-bond donors (Lipinski definition) is 2. The molecular formula is C20H42IN3O3S. The normalized spacial score (nSPS) is 17.2. The van der Waals surface area contributed by atoms with E-state index in [4.69, 9.17) is 4.74 Å². The lowest BCUT2D eigenvalue weighted by Crippen LogP contribution is -2.40. The van der Waals surface area contributed by atoms with Crippen molar-refractivity contribution in [3.8, 4) is 0 Å². The first kappa shape index (κ1) is 27.9. The van der Waals surface area contributed by atoms with Crippen LogP contribution in [-0.2, 0) is 14.6 Å². The van der Waals surface area contributed by atoms with Crippen LogP contribution in [-0.4, -0.2) is 58.7 Å². The fraction of sp³-hybridized carbons (Fsp3) is 0.950. The largest absolute Gasteiger partial charge is 0.378 e. The number of nitrogens with zero attached hydrogens (tertiary/aromatic N) is 1. The van der Waals surface area contributed by atoms with Gasteiger partial charge in [0.05, 0.1) is 11.9 Å². The Hall–Kier alpha value is -0.0900. The molecule has 1 rings (SSSR count). The van der Waals surface area contributed by atoms with Crippen molar-refractivity contribution in [1.29, 1.82) is 0 Å². The maximum atomic E-state index is 11.4. The van der Waals surface area contributed by atoms with Crippen molar-refractivity contribution in [1.82, 2.24) is 10.6 Å². The minimum Gasteiger partial charge on any atom is -0.378 e. The Balaban J connectivity index is 0.00000729. The Labute approximate surface area is 190 Å². The smallest absolute Gasteiger partial charge is 0.191 e. The van der Waals surface area contributed by atoms with Gasteiger partial charge in [0.2, 0.25) is 0 Å². The molecule has 1 atom stereocenters. The molecule has 28 heavy (non-hydrogen) atoms. The van der Waals surface area contributed by atoms with Crippen molar-refractivity contribution in [3.63, 3.8) is 0 Å². The fourth-order valence-corrected chi connectivity index (χ4v) is 4.43. The summed E-state index contributed by atoms with van der Waals surface area (Å²) in [5, 5.41) is 6.70. The molecule has 0 saturated heterocycles. The van der Waals surface area contributed by atoms with E-state index in [-0.39, 0.29) is 35.1 Å². The van der Waals surface area contributed by atoms with Crippen LogP contribution in [0.4, 0.5) is 0 Å². The maximum absolute atomic E-state index is 11.4. The second-order valence-corrected chi connectivity index (χ2v) is 10.8. The van der Waals surface area contributed by atoms with Crippen LogP contribution >= 0.6 is 24.0 Å². The van der Waals surface area contributed by atoms with Crippen molar-refractivity contribution in [2.75, 3.05) is 38.2 Å². The van der Waals surface area contributed by atoms with Gasteiger partial charge in [0, 0.05) is 32.5 Å². The number of nitrogens with one attached hydrogen (secondary N) is 2. The van der Waals surface area contributed by atoms with Gasteiger partial charge < -0.3 is 15.4 Å². The third-order valence-corrected chi connectivity index (χ3v) is 6.13. The van der Waals surface area contributed by atoms with E-state index >= 15 is 0 Å². The monoisotopic (exact) mass is 531 g/mol. The van der Waals surface area contributed by atoms with Crippen LogP contribution in [0.5, 0.6) is 0 Å². The molecule has 0 bridgehead atoms. The van der Waals surface area contributed by atoms with Crippen molar-refractivity contribution in [2.45, 2.75) is 72.3 Å². The average Bonchev–Trinajstić information content (AvgIpc) is 3.11. The quantitative estimate of drug-likeness (QED) is 0.229.